The zero-order valence-corrected chi connectivity index (χ0v) is 16.7. The van der Waals surface area contributed by atoms with E-state index in [2.05, 4.69) is 41.8 Å². The lowest BCUT2D eigenvalue weighted by Gasteiger charge is -2.35. The van der Waals surface area contributed by atoms with Gasteiger partial charge in [0.05, 0.1) is 25.0 Å². The van der Waals surface area contributed by atoms with Gasteiger partial charge in [0.1, 0.15) is 0 Å². The van der Waals surface area contributed by atoms with Crippen molar-refractivity contribution in [3.8, 4) is 0 Å². The molecule has 0 bridgehead atoms. The van der Waals surface area contributed by atoms with Gasteiger partial charge in [-0.25, -0.2) is 0 Å². The number of nitrogens with one attached hydrogen (secondary N) is 2. The van der Waals surface area contributed by atoms with Gasteiger partial charge < -0.3 is 20.3 Å². The van der Waals surface area contributed by atoms with Crippen LogP contribution in [0.4, 0.5) is 0 Å². The Labute approximate surface area is 167 Å². The number of carbonyl (C=O) groups is 2. The summed E-state index contributed by atoms with van der Waals surface area (Å²) in [7, 11) is 0. The average molecular weight is 386 g/mol. The highest BCUT2D eigenvalue weighted by molar-refractivity contribution is 5.83. The summed E-state index contributed by atoms with van der Waals surface area (Å²) in [5.74, 6) is -0.000357. The van der Waals surface area contributed by atoms with E-state index >= 15 is 0 Å². The molecule has 3 aliphatic rings. The van der Waals surface area contributed by atoms with Crippen LogP contribution in [0.3, 0.4) is 0 Å². The molecule has 2 saturated heterocycles. The molecule has 2 atom stereocenters. The minimum atomic E-state index is -0.141. The number of piperidine rings is 1. The van der Waals surface area contributed by atoms with Crippen molar-refractivity contribution in [3.05, 3.63) is 35.4 Å². The van der Waals surface area contributed by atoms with E-state index in [0.717, 1.165) is 19.3 Å². The third kappa shape index (κ3) is 4.39. The van der Waals surface area contributed by atoms with E-state index in [0.29, 0.717) is 45.8 Å². The lowest BCUT2D eigenvalue weighted by molar-refractivity contribution is -0.141. The van der Waals surface area contributed by atoms with Crippen LogP contribution in [0.1, 0.15) is 30.4 Å². The van der Waals surface area contributed by atoms with E-state index < -0.39 is 0 Å². The minimum absolute atomic E-state index is 0.0929. The maximum atomic E-state index is 13.0. The van der Waals surface area contributed by atoms with E-state index in [1.165, 1.54) is 11.1 Å². The summed E-state index contributed by atoms with van der Waals surface area (Å²) < 4.78 is 5.34. The van der Waals surface area contributed by atoms with Crippen molar-refractivity contribution in [1.82, 2.24) is 15.5 Å². The van der Waals surface area contributed by atoms with Gasteiger partial charge in [-0.1, -0.05) is 24.3 Å². The quantitative estimate of drug-likeness (QED) is 0.801. The minimum Gasteiger partial charge on any atom is -0.378 e. The molecule has 152 valence electrons. The van der Waals surface area contributed by atoms with Crippen molar-refractivity contribution in [3.63, 3.8) is 0 Å². The molecule has 0 unspecified atom stereocenters. The van der Waals surface area contributed by atoms with Crippen LogP contribution in [0.25, 0.3) is 0 Å². The van der Waals surface area contributed by atoms with Gasteiger partial charge in [0, 0.05) is 31.7 Å². The molecule has 4 rings (SSSR count). The number of rotatable bonds is 5. The molecule has 2 heterocycles. The molecule has 1 aromatic rings. The van der Waals surface area contributed by atoms with Gasteiger partial charge in [-0.3, -0.25) is 9.59 Å². The molecule has 6 nitrogen and oxygen atoms in total. The molecular formula is C22H31N3O3. The van der Waals surface area contributed by atoms with Gasteiger partial charge in [0.25, 0.3) is 0 Å². The van der Waals surface area contributed by atoms with Crippen molar-refractivity contribution in [1.29, 1.82) is 0 Å². The molecule has 0 aromatic heterocycles. The van der Waals surface area contributed by atoms with Crippen LogP contribution in [0, 0.1) is 18.8 Å². The zero-order chi connectivity index (χ0) is 19.6. The Kier molecular flexibility index (Phi) is 5.69. The molecule has 28 heavy (non-hydrogen) atoms. The van der Waals surface area contributed by atoms with Crippen LogP contribution in [-0.2, 0) is 20.7 Å². The smallest absolute Gasteiger partial charge is 0.227 e. The van der Waals surface area contributed by atoms with Crippen molar-refractivity contribution < 1.29 is 14.3 Å². The van der Waals surface area contributed by atoms with E-state index in [1.807, 2.05) is 4.90 Å². The van der Waals surface area contributed by atoms with E-state index in [-0.39, 0.29) is 29.2 Å². The monoisotopic (exact) mass is 385 g/mol. The molecule has 2 aliphatic heterocycles. The SMILES string of the molecule is Cc1ccccc1CC1(NC(=O)[C@@H]2CNC[C@H](C(=O)N3CCOCC3)C2)CC1. The predicted octanol–water partition coefficient (Wildman–Crippen LogP) is 1.27. The molecule has 0 radical (unpaired) electrons. The van der Waals surface area contributed by atoms with Crippen molar-refractivity contribution >= 4 is 11.8 Å². The summed E-state index contributed by atoms with van der Waals surface area (Å²) in [5, 5.41) is 6.64. The molecule has 1 aromatic carbocycles. The van der Waals surface area contributed by atoms with Gasteiger partial charge in [-0.15, -0.1) is 0 Å². The lowest BCUT2D eigenvalue weighted by Crippen LogP contribution is -2.52. The Morgan fingerprint density at radius 1 is 1.18 bits per heavy atom. The molecule has 0 spiro atoms. The number of nitrogens with zero attached hydrogens (tertiary/aromatic N) is 1. The number of benzene rings is 1. The number of amides is 2. The lowest BCUT2D eigenvalue weighted by atomic mass is 9.88. The van der Waals surface area contributed by atoms with Gasteiger partial charge in [0.15, 0.2) is 0 Å². The Bertz CT molecular complexity index is 725. The normalized spacial score (nSPS) is 26.5. The number of hydrogen-bond acceptors (Lipinski definition) is 4. The zero-order valence-electron chi connectivity index (χ0n) is 16.7. The molecule has 2 amide bonds. The van der Waals surface area contributed by atoms with Crippen LogP contribution in [-0.4, -0.2) is 61.6 Å². The highest BCUT2D eigenvalue weighted by atomic mass is 16.5. The van der Waals surface area contributed by atoms with Crippen LogP contribution in [0.15, 0.2) is 24.3 Å². The topological polar surface area (TPSA) is 70.7 Å². The fraction of sp³-hybridized carbons (Fsp3) is 0.636. The largest absolute Gasteiger partial charge is 0.378 e. The summed E-state index contributed by atoms with van der Waals surface area (Å²) in [4.78, 5) is 27.7. The number of carbonyl (C=O) groups excluding carboxylic acids is 2. The van der Waals surface area contributed by atoms with Crippen LogP contribution < -0.4 is 10.6 Å². The third-order valence-corrected chi connectivity index (χ3v) is 6.43. The first kappa shape index (κ1) is 19.4. The van der Waals surface area contributed by atoms with Crippen molar-refractivity contribution in [2.45, 2.75) is 38.1 Å². The van der Waals surface area contributed by atoms with Gasteiger partial charge in [-0.2, -0.15) is 0 Å². The Morgan fingerprint density at radius 3 is 2.61 bits per heavy atom. The first-order valence-corrected chi connectivity index (χ1v) is 10.5. The molecule has 2 N–H and O–H groups in total. The fourth-order valence-electron chi connectivity index (χ4n) is 4.40. The molecular weight excluding hydrogens is 354 g/mol. The van der Waals surface area contributed by atoms with Crippen LogP contribution in [0.2, 0.25) is 0 Å². The standard InChI is InChI=1S/C22H31N3O3/c1-16-4-2-3-5-17(16)13-22(6-7-22)24-20(26)18-12-19(15-23-14-18)21(27)25-8-10-28-11-9-25/h2-5,18-19,23H,6-15H2,1H3,(H,24,26)/t18-,19+/m0/s1. The first-order chi connectivity index (χ1) is 13.6. The van der Waals surface area contributed by atoms with E-state index in [1.54, 1.807) is 0 Å². The van der Waals surface area contributed by atoms with Crippen LogP contribution in [0.5, 0.6) is 0 Å². The Morgan fingerprint density at radius 2 is 1.89 bits per heavy atom. The van der Waals surface area contributed by atoms with Gasteiger partial charge in [0.2, 0.25) is 11.8 Å². The molecule has 3 fully saturated rings. The number of aryl methyl sites for hydroxylation is 1. The molecule has 1 saturated carbocycles. The average Bonchev–Trinajstić information content (AvgIpc) is 3.49. The highest BCUT2D eigenvalue weighted by Gasteiger charge is 2.45. The molecule has 1 aliphatic carbocycles. The third-order valence-electron chi connectivity index (χ3n) is 6.43. The Balaban J connectivity index is 1.34. The maximum Gasteiger partial charge on any atom is 0.227 e. The fourth-order valence-corrected chi connectivity index (χ4v) is 4.40. The summed E-state index contributed by atoms with van der Waals surface area (Å²) >= 11 is 0. The summed E-state index contributed by atoms with van der Waals surface area (Å²) in [6.07, 6.45) is 3.59. The highest BCUT2D eigenvalue weighted by Crippen LogP contribution is 2.39. The number of ether oxygens (including phenoxy) is 1. The maximum absolute atomic E-state index is 13.0. The number of morpholine rings is 1. The first-order valence-electron chi connectivity index (χ1n) is 10.5. The van der Waals surface area contributed by atoms with Crippen molar-refractivity contribution in [2.24, 2.45) is 11.8 Å². The van der Waals surface area contributed by atoms with E-state index in [4.69, 9.17) is 4.74 Å². The second-order valence-electron chi connectivity index (χ2n) is 8.60. The number of hydrogen-bond donors (Lipinski definition) is 2. The van der Waals surface area contributed by atoms with Crippen LogP contribution >= 0.6 is 0 Å². The van der Waals surface area contributed by atoms with Crippen molar-refractivity contribution in [2.75, 3.05) is 39.4 Å². The van der Waals surface area contributed by atoms with Gasteiger partial charge in [-0.05, 0) is 43.7 Å². The summed E-state index contributed by atoms with van der Waals surface area (Å²) in [6.45, 7) is 5.97. The Hall–Kier alpha value is -1.92. The molecule has 6 heteroatoms. The predicted molar refractivity (Wildman–Crippen MR) is 107 cm³/mol. The van der Waals surface area contributed by atoms with E-state index in [9.17, 15) is 9.59 Å². The van der Waals surface area contributed by atoms with Gasteiger partial charge >= 0.3 is 0 Å². The second kappa shape index (κ2) is 8.21. The summed E-state index contributed by atoms with van der Waals surface area (Å²) in [5.41, 5.74) is 2.49. The summed E-state index contributed by atoms with van der Waals surface area (Å²) in [6, 6.07) is 8.39. The second-order valence-corrected chi connectivity index (χ2v) is 8.60.